The van der Waals surface area contributed by atoms with E-state index in [1.54, 1.807) is 18.2 Å². The lowest BCUT2D eigenvalue weighted by molar-refractivity contribution is -0.137. The van der Waals surface area contributed by atoms with E-state index in [0.29, 0.717) is 28.6 Å². The minimum absolute atomic E-state index is 0.173. The number of nitrogens with two attached hydrogens (primary N) is 1. The van der Waals surface area contributed by atoms with Gasteiger partial charge in [-0.3, -0.25) is 9.20 Å². The number of carbonyl (C=O) groups is 1. The van der Waals surface area contributed by atoms with Crippen LogP contribution in [0.3, 0.4) is 0 Å². The number of alkyl halides is 3. The Morgan fingerprint density at radius 1 is 1.22 bits per heavy atom. The second-order valence-corrected chi connectivity index (χ2v) is 9.35. The zero-order valence-corrected chi connectivity index (χ0v) is 19.7. The molecule has 0 fully saturated rings. The van der Waals surface area contributed by atoms with Gasteiger partial charge in [-0.15, -0.1) is 0 Å². The molecule has 1 atom stereocenters. The first-order valence-corrected chi connectivity index (χ1v) is 11.2. The summed E-state index contributed by atoms with van der Waals surface area (Å²) in [4.78, 5) is 23.2. The molecule has 7 nitrogen and oxygen atoms in total. The van der Waals surface area contributed by atoms with Crippen LogP contribution in [0.1, 0.15) is 53.4 Å². The van der Waals surface area contributed by atoms with Crippen molar-refractivity contribution in [1.29, 1.82) is 0 Å². The van der Waals surface area contributed by atoms with Gasteiger partial charge in [-0.05, 0) is 49.6 Å². The third-order valence-corrected chi connectivity index (χ3v) is 6.73. The Kier molecular flexibility index (Phi) is 5.43. The van der Waals surface area contributed by atoms with Gasteiger partial charge in [-0.1, -0.05) is 6.07 Å². The third-order valence-electron chi connectivity index (χ3n) is 6.73. The zero-order valence-electron chi connectivity index (χ0n) is 19.7. The number of hydrogen-bond donors (Lipinski definition) is 1. The summed E-state index contributed by atoms with van der Waals surface area (Å²) in [5.41, 5.74) is 5.97. The first-order valence-electron chi connectivity index (χ1n) is 11.2. The van der Waals surface area contributed by atoms with Crippen LogP contribution >= 0.6 is 0 Å². The van der Waals surface area contributed by atoms with E-state index in [9.17, 15) is 18.0 Å². The number of ether oxygens (including phenoxy) is 1. The van der Waals surface area contributed by atoms with E-state index < -0.39 is 35.1 Å². The van der Waals surface area contributed by atoms with Crippen molar-refractivity contribution in [2.24, 2.45) is 0 Å². The number of carbonyl (C=O) groups excluding carboxylic acids is 1. The van der Waals surface area contributed by atoms with Crippen molar-refractivity contribution < 1.29 is 27.1 Å². The molecule has 2 N–H and O–H groups in total. The molecule has 5 rings (SSSR count). The number of aromatic nitrogens is 3. The van der Waals surface area contributed by atoms with Crippen LogP contribution in [0.25, 0.3) is 16.6 Å². The van der Waals surface area contributed by atoms with Crippen molar-refractivity contribution in [1.82, 2.24) is 19.3 Å². The number of nitrogens with zero attached hydrogens (tertiary/aromatic N) is 4. The summed E-state index contributed by atoms with van der Waals surface area (Å²) in [5.74, 6) is -1.25. The molecule has 3 heterocycles. The Labute approximate surface area is 203 Å². The van der Waals surface area contributed by atoms with Crippen LogP contribution in [0, 0.1) is 5.82 Å². The normalized spacial score (nSPS) is 17.7. The van der Waals surface area contributed by atoms with Crippen molar-refractivity contribution in [3.8, 4) is 0 Å². The molecule has 0 aliphatic carbocycles. The van der Waals surface area contributed by atoms with E-state index in [-0.39, 0.29) is 23.5 Å². The van der Waals surface area contributed by atoms with Crippen molar-refractivity contribution in [2.45, 2.75) is 38.1 Å². The van der Waals surface area contributed by atoms with E-state index in [0.717, 1.165) is 18.2 Å². The minimum atomic E-state index is -4.53. The molecule has 2 aromatic heterocycles. The van der Waals surface area contributed by atoms with Crippen LogP contribution < -0.4 is 5.73 Å². The maximum Gasteiger partial charge on any atom is 0.416 e. The van der Waals surface area contributed by atoms with Gasteiger partial charge in [0, 0.05) is 13.1 Å². The molecule has 0 saturated heterocycles. The maximum absolute atomic E-state index is 15.1. The van der Waals surface area contributed by atoms with Gasteiger partial charge in [0.15, 0.2) is 0 Å². The monoisotopic (exact) mass is 501 g/mol. The molecule has 0 unspecified atom stereocenters. The number of benzene rings is 2. The van der Waals surface area contributed by atoms with Gasteiger partial charge in [-0.25, -0.2) is 14.4 Å². The smallest absolute Gasteiger partial charge is 0.382 e. The maximum atomic E-state index is 15.1. The lowest BCUT2D eigenvalue weighted by Gasteiger charge is -2.31. The number of hydrogen-bond acceptors (Lipinski definition) is 5. The summed E-state index contributed by atoms with van der Waals surface area (Å²) < 4.78 is 62.9. The van der Waals surface area contributed by atoms with E-state index in [2.05, 4.69) is 9.97 Å². The zero-order chi connectivity index (χ0) is 26.0. The summed E-state index contributed by atoms with van der Waals surface area (Å²) >= 11 is 0. The van der Waals surface area contributed by atoms with Gasteiger partial charge < -0.3 is 15.4 Å². The van der Waals surface area contributed by atoms with Crippen LogP contribution in [0.4, 0.5) is 23.4 Å². The summed E-state index contributed by atoms with van der Waals surface area (Å²) in [6.07, 6.45) is -1.20. The molecule has 0 saturated carbocycles. The largest absolute Gasteiger partial charge is 0.416 e. The molecule has 4 aromatic rings. The molecule has 11 heteroatoms. The fraction of sp³-hybridized carbons (Fsp3) is 0.320. The predicted molar refractivity (Wildman–Crippen MR) is 125 cm³/mol. The highest BCUT2D eigenvalue weighted by atomic mass is 19.4. The molecule has 188 valence electrons. The van der Waals surface area contributed by atoms with Gasteiger partial charge in [0.2, 0.25) is 0 Å². The summed E-state index contributed by atoms with van der Waals surface area (Å²) in [6, 6.07) is 5.32. The summed E-state index contributed by atoms with van der Waals surface area (Å²) in [7, 11) is 1.50. The summed E-state index contributed by atoms with van der Waals surface area (Å²) in [5, 5.41) is 0. The SMILES string of the molecule is CN(C(=O)c1cc2c(cc1F)nc(N)c1cncn12)[C@@H]1CCOC(C)(C)c2cc(C(F)(F)F)ccc21. The first-order chi connectivity index (χ1) is 16.9. The molecular formula is C25H23F4N5O2. The van der Waals surface area contributed by atoms with Crippen molar-refractivity contribution in [3.05, 3.63) is 70.9 Å². The predicted octanol–water partition coefficient (Wildman–Crippen LogP) is 5.09. The quantitative estimate of drug-likeness (QED) is 0.387. The van der Waals surface area contributed by atoms with Crippen LogP contribution in [0.5, 0.6) is 0 Å². The molecule has 1 aliphatic rings. The second-order valence-electron chi connectivity index (χ2n) is 9.35. The van der Waals surface area contributed by atoms with E-state index in [4.69, 9.17) is 10.5 Å². The molecule has 36 heavy (non-hydrogen) atoms. The average Bonchev–Trinajstić information content (AvgIpc) is 3.26. The Bertz CT molecular complexity index is 1510. The number of anilines is 1. The number of rotatable bonds is 2. The average molecular weight is 501 g/mol. The highest BCUT2D eigenvalue weighted by Gasteiger charge is 2.38. The van der Waals surface area contributed by atoms with Crippen LogP contribution in [-0.2, 0) is 16.5 Å². The summed E-state index contributed by atoms with van der Waals surface area (Å²) in [6.45, 7) is 3.58. The highest BCUT2D eigenvalue weighted by molar-refractivity contribution is 5.98. The Morgan fingerprint density at radius 2 is 1.97 bits per heavy atom. The van der Waals surface area contributed by atoms with Crippen molar-refractivity contribution in [3.63, 3.8) is 0 Å². The molecule has 1 aliphatic heterocycles. The third kappa shape index (κ3) is 3.83. The number of imidazole rings is 1. The van der Waals surface area contributed by atoms with E-state index >= 15 is 4.39 Å². The van der Waals surface area contributed by atoms with Gasteiger partial charge >= 0.3 is 6.18 Å². The standard InChI is InChI=1S/C25H23F4N5O2/c1-24(2)16-8-13(25(27,28)29)4-5-14(16)19(6-7-36-24)33(3)23(35)15-9-20-18(10-17(15)26)32-22(30)21-11-31-12-34(20)21/h4-5,8-12,19H,6-7H2,1-3H3,(H2,30,32)/t19-/m1/s1. The molecular weight excluding hydrogens is 478 g/mol. The Balaban J connectivity index is 1.59. The van der Waals surface area contributed by atoms with Crippen LogP contribution in [0.2, 0.25) is 0 Å². The first kappa shape index (κ1) is 24.0. The van der Waals surface area contributed by atoms with Gasteiger partial charge in [0.1, 0.15) is 17.2 Å². The fourth-order valence-electron chi connectivity index (χ4n) is 4.80. The number of halogens is 4. The van der Waals surface area contributed by atoms with Gasteiger partial charge in [0.25, 0.3) is 5.91 Å². The van der Waals surface area contributed by atoms with E-state index in [1.807, 2.05) is 0 Å². The minimum Gasteiger partial charge on any atom is -0.382 e. The van der Waals surface area contributed by atoms with Gasteiger partial charge in [-0.2, -0.15) is 13.2 Å². The molecule has 0 spiro atoms. The Morgan fingerprint density at radius 3 is 2.69 bits per heavy atom. The topological polar surface area (TPSA) is 85.8 Å². The van der Waals surface area contributed by atoms with E-state index in [1.165, 1.54) is 36.6 Å². The fourth-order valence-corrected chi connectivity index (χ4v) is 4.80. The van der Waals surface area contributed by atoms with Crippen LogP contribution in [-0.4, -0.2) is 38.8 Å². The number of fused-ring (bicyclic) bond motifs is 4. The van der Waals surface area contributed by atoms with Crippen molar-refractivity contribution >= 4 is 28.3 Å². The van der Waals surface area contributed by atoms with Crippen molar-refractivity contribution in [2.75, 3.05) is 19.4 Å². The second kappa shape index (κ2) is 8.16. The molecule has 1 amide bonds. The lowest BCUT2D eigenvalue weighted by atomic mass is 9.87. The Hall–Kier alpha value is -3.73. The highest BCUT2D eigenvalue weighted by Crippen LogP contribution is 2.42. The molecule has 0 radical (unpaired) electrons. The van der Waals surface area contributed by atoms with Gasteiger partial charge in [0.05, 0.1) is 52.9 Å². The molecule has 0 bridgehead atoms. The molecule has 2 aromatic carbocycles. The number of amides is 1. The number of nitrogen functional groups attached to an aromatic ring is 1. The van der Waals surface area contributed by atoms with Crippen LogP contribution in [0.15, 0.2) is 42.9 Å². The lowest BCUT2D eigenvalue weighted by Crippen LogP contribution is -2.33.